The lowest BCUT2D eigenvalue weighted by molar-refractivity contribution is 0.143. The molecule has 25 heavy (non-hydrogen) atoms. The topological polar surface area (TPSA) is 79.3 Å². The van der Waals surface area contributed by atoms with Gasteiger partial charge in [-0.1, -0.05) is 0 Å². The summed E-state index contributed by atoms with van der Waals surface area (Å²) in [4.78, 5) is 14.1. The Morgan fingerprint density at radius 2 is 1.96 bits per heavy atom. The number of urea groups is 1. The van der Waals surface area contributed by atoms with Gasteiger partial charge in [-0.15, -0.1) is 0 Å². The maximum atomic E-state index is 13.5. The fraction of sp³-hybridized carbons (Fsp3) is 0.467. The molecule has 0 bridgehead atoms. The maximum absolute atomic E-state index is 13.5. The average Bonchev–Trinajstić information content (AvgIpc) is 3.12. The first-order chi connectivity index (χ1) is 11.7. The Bertz CT molecular complexity index is 795. The van der Waals surface area contributed by atoms with Crippen LogP contribution in [0.2, 0.25) is 0 Å². The minimum absolute atomic E-state index is 0.113. The van der Waals surface area contributed by atoms with E-state index in [4.69, 9.17) is 4.18 Å². The Morgan fingerprint density at radius 3 is 2.60 bits per heavy atom. The zero-order valence-electron chi connectivity index (χ0n) is 13.4. The van der Waals surface area contributed by atoms with E-state index < -0.39 is 39.9 Å². The number of nitrogens with zero attached hydrogens (tertiary/aromatic N) is 3. The summed E-state index contributed by atoms with van der Waals surface area (Å²) in [5.74, 6) is -1.45. The van der Waals surface area contributed by atoms with E-state index in [0.29, 0.717) is 24.9 Å². The Labute approximate surface area is 144 Å². The van der Waals surface area contributed by atoms with Gasteiger partial charge in [0.2, 0.25) is 0 Å². The maximum Gasteiger partial charge on any atom is 0.341 e. The molecule has 1 fully saturated rings. The van der Waals surface area contributed by atoms with Crippen LogP contribution in [0.25, 0.3) is 0 Å². The van der Waals surface area contributed by atoms with Crippen LogP contribution in [0, 0.1) is 11.6 Å². The number of likely N-dealkylation sites (tertiary alicyclic amines) is 1. The van der Waals surface area contributed by atoms with Gasteiger partial charge in [-0.3, -0.25) is 4.18 Å². The summed E-state index contributed by atoms with van der Waals surface area (Å²) in [7, 11) is -3.60. The summed E-state index contributed by atoms with van der Waals surface area (Å²) in [6.07, 6.45) is 2.58. The fourth-order valence-corrected chi connectivity index (χ4v) is 3.67. The third-order valence-corrected chi connectivity index (χ3v) is 4.64. The molecular formula is C15H17F2N3O4S. The van der Waals surface area contributed by atoms with Crippen molar-refractivity contribution in [3.8, 4) is 0 Å². The minimum atomic E-state index is -3.60. The van der Waals surface area contributed by atoms with Gasteiger partial charge in [-0.05, 0) is 24.1 Å². The van der Waals surface area contributed by atoms with E-state index in [-0.39, 0.29) is 6.54 Å². The molecule has 2 aliphatic rings. The van der Waals surface area contributed by atoms with Crippen LogP contribution in [0.4, 0.5) is 13.6 Å². The lowest BCUT2D eigenvalue weighted by Crippen LogP contribution is -2.40. The van der Waals surface area contributed by atoms with Crippen LogP contribution in [0.5, 0.6) is 0 Å². The highest BCUT2D eigenvalue weighted by molar-refractivity contribution is 7.86. The van der Waals surface area contributed by atoms with Crippen LogP contribution >= 0.6 is 0 Å². The highest BCUT2D eigenvalue weighted by atomic mass is 32.2. The van der Waals surface area contributed by atoms with Crippen molar-refractivity contribution in [2.24, 2.45) is 5.10 Å². The van der Waals surface area contributed by atoms with Crippen LogP contribution < -0.4 is 0 Å². The second-order valence-corrected chi connectivity index (χ2v) is 7.64. The molecule has 7 nitrogen and oxygen atoms in total. The molecule has 1 saturated heterocycles. The van der Waals surface area contributed by atoms with E-state index in [2.05, 4.69) is 5.10 Å². The number of halogens is 2. The van der Waals surface area contributed by atoms with E-state index in [1.165, 1.54) is 23.2 Å². The Balaban J connectivity index is 1.72. The van der Waals surface area contributed by atoms with Crippen LogP contribution in [-0.4, -0.2) is 56.0 Å². The van der Waals surface area contributed by atoms with Crippen molar-refractivity contribution in [2.75, 3.05) is 19.3 Å². The zero-order chi connectivity index (χ0) is 18.2. The summed E-state index contributed by atoms with van der Waals surface area (Å²) in [6.45, 7) is 0.428. The number of carbonyl (C=O) groups is 1. The highest BCUT2D eigenvalue weighted by Gasteiger charge is 2.36. The number of hydrogen-bond acceptors (Lipinski definition) is 5. The van der Waals surface area contributed by atoms with Crippen molar-refractivity contribution in [3.05, 3.63) is 35.4 Å². The van der Waals surface area contributed by atoms with Crippen LogP contribution in [0.3, 0.4) is 0 Å². The molecule has 2 amide bonds. The summed E-state index contributed by atoms with van der Waals surface area (Å²) < 4.78 is 54.2. The van der Waals surface area contributed by atoms with E-state index in [1.807, 2.05) is 0 Å². The predicted molar refractivity (Wildman–Crippen MR) is 85.3 cm³/mol. The van der Waals surface area contributed by atoms with Crippen LogP contribution in [-0.2, 0) is 14.3 Å². The molecule has 136 valence electrons. The molecule has 0 saturated carbocycles. The minimum Gasteiger partial charge on any atom is -0.320 e. The SMILES string of the molecule is CS(=O)(=O)O[C@@H]1CCN(C(=O)N2N=CC[C@H]2c2cc(F)cc(F)c2)C1. The Hall–Kier alpha value is -2.07. The summed E-state index contributed by atoms with van der Waals surface area (Å²) in [6, 6.07) is 2.04. The quantitative estimate of drug-likeness (QED) is 0.758. The van der Waals surface area contributed by atoms with E-state index in [9.17, 15) is 22.0 Å². The molecule has 0 N–H and O–H groups in total. The van der Waals surface area contributed by atoms with E-state index in [0.717, 1.165) is 17.3 Å². The van der Waals surface area contributed by atoms with Crippen molar-refractivity contribution >= 4 is 22.4 Å². The molecule has 2 heterocycles. The summed E-state index contributed by atoms with van der Waals surface area (Å²) >= 11 is 0. The molecule has 10 heteroatoms. The Morgan fingerprint density at radius 1 is 1.28 bits per heavy atom. The van der Waals surface area contributed by atoms with Crippen molar-refractivity contribution in [3.63, 3.8) is 0 Å². The first-order valence-corrected chi connectivity index (χ1v) is 9.49. The summed E-state index contributed by atoms with van der Waals surface area (Å²) in [5.41, 5.74) is 0.312. The number of benzene rings is 1. The molecule has 3 rings (SSSR count). The molecule has 0 unspecified atom stereocenters. The largest absolute Gasteiger partial charge is 0.341 e. The molecule has 0 radical (unpaired) electrons. The van der Waals surface area contributed by atoms with Gasteiger partial charge in [0.1, 0.15) is 11.6 Å². The number of amides is 2. The first-order valence-electron chi connectivity index (χ1n) is 7.68. The predicted octanol–water partition coefficient (Wildman–Crippen LogP) is 1.87. The van der Waals surface area contributed by atoms with Gasteiger partial charge in [-0.25, -0.2) is 18.6 Å². The molecular weight excluding hydrogens is 356 g/mol. The molecule has 1 aromatic rings. The average molecular weight is 373 g/mol. The van der Waals surface area contributed by atoms with Gasteiger partial charge in [0.15, 0.2) is 0 Å². The zero-order valence-corrected chi connectivity index (χ0v) is 14.2. The highest BCUT2D eigenvalue weighted by Crippen LogP contribution is 2.31. The van der Waals surface area contributed by atoms with Gasteiger partial charge in [0.05, 0.1) is 24.9 Å². The van der Waals surface area contributed by atoms with Gasteiger partial charge in [0, 0.05) is 25.2 Å². The number of hydrogen-bond donors (Lipinski definition) is 0. The van der Waals surface area contributed by atoms with Crippen molar-refractivity contribution in [1.82, 2.24) is 9.91 Å². The molecule has 0 aromatic heterocycles. The molecule has 2 aliphatic heterocycles. The Kier molecular flexibility index (Phi) is 4.74. The smallest absolute Gasteiger partial charge is 0.320 e. The van der Waals surface area contributed by atoms with Crippen molar-refractivity contribution in [1.29, 1.82) is 0 Å². The molecule has 1 aromatic carbocycles. The lowest BCUT2D eigenvalue weighted by Gasteiger charge is -2.27. The number of rotatable bonds is 3. The van der Waals surface area contributed by atoms with Crippen molar-refractivity contribution < 1.29 is 26.2 Å². The molecule has 0 spiro atoms. The van der Waals surface area contributed by atoms with Gasteiger partial charge >= 0.3 is 6.03 Å². The van der Waals surface area contributed by atoms with Crippen LogP contribution in [0.1, 0.15) is 24.4 Å². The van der Waals surface area contributed by atoms with E-state index >= 15 is 0 Å². The second kappa shape index (κ2) is 6.68. The van der Waals surface area contributed by atoms with Gasteiger partial charge < -0.3 is 4.90 Å². The van der Waals surface area contributed by atoms with Crippen LogP contribution in [0.15, 0.2) is 23.3 Å². The first kappa shape index (κ1) is 17.7. The third-order valence-electron chi connectivity index (χ3n) is 4.02. The monoisotopic (exact) mass is 373 g/mol. The normalized spacial score (nSPS) is 23.5. The van der Waals surface area contributed by atoms with Gasteiger partial charge in [-0.2, -0.15) is 13.5 Å². The number of hydrazone groups is 1. The summed E-state index contributed by atoms with van der Waals surface area (Å²) in [5, 5.41) is 5.17. The molecule has 0 aliphatic carbocycles. The van der Waals surface area contributed by atoms with Crippen molar-refractivity contribution in [2.45, 2.75) is 25.0 Å². The second-order valence-electron chi connectivity index (χ2n) is 6.04. The molecule has 2 atom stereocenters. The standard InChI is InChI=1S/C15H17F2N3O4S/c1-25(22,23)24-13-3-5-19(9-13)15(21)20-14(2-4-18-20)10-6-11(16)8-12(17)7-10/h4,6-8,13-14H,2-3,5,9H2,1H3/t13-,14+/m1/s1. The third kappa shape index (κ3) is 4.13. The number of carbonyl (C=O) groups excluding carboxylic acids is 1. The lowest BCUT2D eigenvalue weighted by atomic mass is 10.0. The fourth-order valence-electron chi connectivity index (χ4n) is 3.02. The van der Waals surface area contributed by atoms with Gasteiger partial charge in [0.25, 0.3) is 10.1 Å². The van der Waals surface area contributed by atoms with E-state index in [1.54, 1.807) is 0 Å².